The normalized spacial score (nSPS) is 27.1. The minimum atomic E-state index is -1.22. The van der Waals surface area contributed by atoms with Crippen molar-refractivity contribution in [1.29, 1.82) is 0 Å². The van der Waals surface area contributed by atoms with Gasteiger partial charge in [0.05, 0.1) is 6.10 Å². The van der Waals surface area contributed by atoms with E-state index in [9.17, 15) is 5.11 Å². The van der Waals surface area contributed by atoms with Gasteiger partial charge in [0.1, 0.15) is 8.07 Å². The van der Waals surface area contributed by atoms with Crippen LogP contribution < -0.4 is 0 Å². The molecule has 0 saturated carbocycles. The SMILES string of the molecule is C[Si](C)(C)C#CC[C@H]1C=CC[C@@H]1O. The van der Waals surface area contributed by atoms with Gasteiger partial charge in [0.15, 0.2) is 0 Å². The maximum absolute atomic E-state index is 9.50. The Hall–Kier alpha value is -0.523. The highest BCUT2D eigenvalue weighted by Crippen LogP contribution is 2.20. The Balaban J connectivity index is 2.41. The summed E-state index contributed by atoms with van der Waals surface area (Å²) in [5.74, 6) is 3.48. The third kappa shape index (κ3) is 3.80. The maximum atomic E-state index is 9.50. The van der Waals surface area contributed by atoms with Crippen molar-refractivity contribution in [3.8, 4) is 11.5 Å². The number of aliphatic hydroxyl groups is 1. The van der Waals surface area contributed by atoms with Crippen LogP contribution in [0.4, 0.5) is 0 Å². The molecule has 1 N–H and O–H groups in total. The van der Waals surface area contributed by atoms with E-state index in [1.807, 2.05) is 6.08 Å². The predicted octanol–water partition coefficient (Wildman–Crippen LogP) is 2.19. The summed E-state index contributed by atoms with van der Waals surface area (Å²) >= 11 is 0. The van der Waals surface area contributed by atoms with Gasteiger partial charge in [0.25, 0.3) is 0 Å². The van der Waals surface area contributed by atoms with Gasteiger partial charge in [-0.3, -0.25) is 0 Å². The lowest BCUT2D eigenvalue weighted by molar-refractivity contribution is 0.145. The average molecular weight is 194 g/mol. The number of aliphatic hydroxyl groups excluding tert-OH is 1. The fraction of sp³-hybridized carbons (Fsp3) is 0.636. The molecule has 1 rings (SSSR count). The van der Waals surface area contributed by atoms with Crippen LogP contribution in [0.3, 0.4) is 0 Å². The molecule has 1 aliphatic rings. The molecule has 0 aromatic rings. The molecule has 0 aliphatic heterocycles. The van der Waals surface area contributed by atoms with Crippen LogP contribution in [0.15, 0.2) is 12.2 Å². The molecule has 0 radical (unpaired) electrons. The van der Waals surface area contributed by atoms with Crippen LogP contribution in [0, 0.1) is 17.4 Å². The first-order valence-corrected chi connectivity index (χ1v) is 8.34. The summed E-state index contributed by atoms with van der Waals surface area (Å²) in [6.45, 7) is 6.71. The maximum Gasteiger partial charge on any atom is 0.129 e. The Labute approximate surface area is 81.9 Å². The van der Waals surface area contributed by atoms with Crippen LogP contribution in [0.5, 0.6) is 0 Å². The topological polar surface area (TPSA) is 20.2 Å². The first-order valence-electron chi connectivity index (χ1n) is 4.84. The molecule has 0 heterocycles. The van der Waals surface area contributed by atoms with Gasteiger partial charge in [-0.2, -0.15) is 0 Å². The standard InChI is InChI=1S/C11H18OSi/c1-13(2,3)9-5-7-10-6-4-8-11(10)12/h4,6,10-12H,7-8H2,1-3H3/t10-,11+/m1/s1. The zero-order valence-electron chi connectivity index (χ0n) is 8.67. The summed E-state index contributed by atoms with van der Waals surface area (Å²) in [5.41, 5.74) is 3.31. The molecule has 0 fully saturated rings. The van der Waals surface area contributed by atoms with Crippen molar-refractivity contribution in [3.63, 3.8) is 0 Å². The smallest absolute Gasteiger partial charge is 0.129 e. The van der Waals surface area contributed by atoms with Crippen molar-refractivity contribution in [2.45, 2.75) is 38.6 Å². The highest BCUT2D eigenvalue weighted by Gasteiger charge is 2.18. The first-order chi connectivity index (χ1) is 5.99. The van der Waals surface area contributed by atoms with Crippen LogP contribution in [0.1, 0.15) is 12.8 Å². The molecule has 0 bridgehead atoms. The van der Waals surface area contributed by atoms with Crippen molar-refractivity contribution in [3.05, 3.63) is 12.2 Å². The van der Waals surface area contributed by atoms with E-state index in [0.717, 1.165) is 12.8 Å². The van der Waals surface area contributed by atoms with Crippen LogP contribution in [-0.4, -0.2) is 19.3 Å². The second-order valence-corrected chi connectivity index (χ2v) is 9.40. The van der Waals surface area contributed by atoms with Gasteiger partial charge >= 0.3 is 0 Å². The lowest BCUT2D eigenvalue weighted by Crippen LogP contribution is -2.17. The molecular formula is C11H18OSi. The van der Waals surface area contributed by atoms with Crippen LogP contribution >= 0.6 is 0 Å². The van der Waals surface area contributed by atoms with Crippen LogP contribution in [0.2, 0.25) is 19.6 Å². The van der Waals surface area contributed by atoms with Crippen molar-refractivity contribution < 1.29 is 5.11 Å². The van der Waals surface area contributed by atoms with E-state index in [0.29, 0.717) is 0 Å². The van der Waals surface area contributed by atoms with Gasteiger partial charge in [-0.25, -0.2) is 0 Å². The Bertz CT molecular complexity index is 251. The molecule has 72 valence electrons. The zero-order chi connectivity index (χ0) is 9.90. The second-order valence-electron chi connectivity index (χ2n) is 4.65. The molecule has 1 aliphatic carbocycles. The molecule has 2 heteroatoms. The average Bonchev–Trinajstić information content (AvgIpc) is 2.34. The lowest BCUT2D eigenvalue weighted by Gasteiger charge is -2.10. The highest BCUT2D eigenvalue weighted by atomic mass is 28.3. The van der Waals surface area contributed by atoms with Gasteiger partial charge in [-0.05, 0) is 6.42 Å². The molecule has 0 amide bonds. The number of rotatable bonds is 1. The fourth-order valence-corrected chi connectivity index (χ4v) is 1.97. The van der Waals surface area contributed by atoms with E-state index < -0.39 is 8.07 Å². The zero-order valence-corrected chi connectivity index (χ0v) is 9.67. The summed E-state index contributed by atoms with van der Waals surface area (Å²) in [5, 5.41) is 9.50. The molecule has 0 unspecified atom stereocenters. The van der Waals surface area contributed by atoms with E-state index in [1.165, 1.54) is 0 Å². The molecule has 0 spiro atoms. The van der Waals surface area contributed by atoms with Crippen LogP contribution in [0.25, 0.3) is 0 Å². The summed E-state index contributed by atoms with van der Waals surface area (Å²) in [4.78, 5) is 0. The Morgan fingerprint density at radius 1 is 1.46 bits per heavy atom. The van der Waals surface area contributed by atoms with Gasteiger partial charge in [-0.1, -0.05) is 31.8 Å². The van der Waals surface area contributed by atoms with E-state index in [2.05, 4.69) is 37.2 Å². The molecule has 0 saturated heterocycles. The lowest BCUT2D eigenvalue weighted by atomic mass is 10.0. The number of hydrogen-bond donors (Lipinski definition) is 1. The minimum absolute atomic E-state index is 0.184. The third-order valence-electron chi connectivity index (χ3n) is 2.06. The molecule has 0 aromatic heterocycles. The molecule has 2 atom stereocenters. The fourth-order valence-electron chi connectivity index (χ4n) is 1.33. The Morgan fingerprint density at radius 3 is 2.62 bits per heavy atom. The molecule has 13 heavy (non-hydrogen) atoms. The third-order valence-corrected chi connectivity index (χ3v) is 2.98. The van der Waals surface area contributed by atoms with Gasteiger partial charge in [0, 0.05) is 12.3 Å². The monoisotopic (exact) mass is 194 g/mol. The molecular weight excluding hydrogens is 176 g/mol. The van der Waals surface area contributed by atoms with E-state index in [1.54, 1.807) is 0 Å². The number of hydrogen-bond acceptors (Lipinski definition) is 1. The van der Waals surface area contributed by atoms with Crippen molar-refractivity contribution >= 4 is 8.07 Å². The summed E-state index contributed by atoms with van der Waals surface area (Å²) in [7, 11) is -1.22. The summed E-state index contributed by atoms with van der Waals surface area (Å²) in [6, 6.07) is 0. The Kier molecular flexibility index (Phi) is 3.35. The Morgan fingerprint density at radius 2 is 2.15 bits per heavy atom. The second kappa shape index (κ2) is 4.12. The predicted molar refractivity (Wildman–Crippen MR) is 59.0 cm³/mol. The van der Waals surface area contributed by atoms with E-state index in [-0.39, 0.29) is 12.0 Å². The molecule has 1 nitrogen and oxygen atoms in total. The van der Waals surface area contributed by atoms with Gasteiger partial charge < -0.3 is 5.11 Å². The molecule has 0 aromatic carbocycles. The van der Waals surface area contributed by atoms with Crippen molar-refractivity contribution in [1.82, 2.24) is 0 Å². The largest absolute Gasteiger partial charge is 0.392 e. The van der Waals surface area contributed by atoms with Crippen LogP contribution in [-0.2, 0) is 0 Å². The van der Waals surface area contributed by atoms with E-state index in [4.69, 9.17) is 0 Å². The minimum Gasteiger partial charge on any atom is -0.392 e. The van der Waals surface area contributed by atoms with Gasteiger partial charge in [-0.15, -0.1) is 11.5 Å². The van der Waals surface area contributed by atoms with Crippen molar-refractivity contribution in [2.75, 3.05) is 0 Å². The quantitative estimate of drug-likeness (QED) is 0.385. The first kappa shape index (κ1) is 10.6. The summed E-state index contributed by atoms with van der Waals surface area (Å²) < 4.78 is 0. The van der Waals surface area contributed by atoms with Crippen molar-refractivity contribution in [2.24, 2.45) is 5.92 Å². The van der Waals surface area contributed by atoms with Gasteiger partial charge in [0.2, 0.25) is 0 Å². The highest BCUT2D eigenvalue weighted by molar-refractivity contribution is 6.83. The van der Waals surface area contributed by atoms with E-state index >= 15 is 0 Å². The summed E-state index contributed by atoms with van der Waals surface area (Å²) in [6.07, 6.45) is 5.58.